The molecular formula is C12H17BrN2OS. The molecule has 17 heavy (non-hydrogen) atoms. The molecule has 1 aliphatic heterocycles. The lowest BCUT2D eigenvalue weighted by Gasteiger charge is -2.24. The van der Waals surface area contributed by atoms with Crippen LogP contribution >= 0.6 is 27.3 Å². The molecule has 0 spiro atoms. The second kappa shape index (κ2) is 5.06. The molecule has 0 radical (unpaired) electrons. The summed E-state index contributed by atoms with van der Waals surface area (Å²) in [6.45, 7) is 6.94. The van der Waals surface area contributed by atoms with E-state index in [2.05, 4.69) is 27.8 Å². The smallest absolute Gasteiger partial charge is 0.266 e. The molecule has 1 saturated heterocycles. The third-order valence-corrected chi connectivity index (χ3v) is 5.12. The topological polar surface area (TPSA) is 33.2 Å². The zero-order valence-corrected chi connectivity index (χ0v) is 12.8. The van der Waals surface area contributed by atoms with Crippen LogP contribution in [-0.4, -0.2) is 33.7 Å². The van der Waals surface area contributed by atoms with Gasteiger partial charge < -0.3 is 4.90 Å². The minimum absolute atomic E-state index is 0.155. The summed E-state index contributed by atoms with van der Waals surface area (Å²) < 4.78 is 0. The molecule has 2 unspecified atom stereocenters. The Labute approximate surface area is 114 Å². The van der Waals surface area contributed by atoms with Crippen molar-refractivity contribution < 1.29 is 4.79 Å². The molecule has 0 saturated carbocycles. The largest absolute Gasteiger partial charge is 0.334 e. The Morgan fingerprint density at radius 1 is 1.59 bits per heavy atom. The molecular weight excluding hydrogens is 300 g/mol. The number of hydrogen-bond acceptors (Lipinski definition) is 3. The van der Waals surface area contributed by atoms with Gasteiger partial charge in [-0.1, -0.05) is 22.9 Å². The second-order valence-corrected chi connectivity index (χ2v) is 6.48. The van der Waals surface area contributed by atoms with Gasteiger partial charge in [-0.25, -0.2) is 4.98 Å². The van der Waals surface area contributed by atoms with Crippen molar-refractivity contribution in [3.05, 3.63) is 15.6 Å². The van der Waals surface area contributed by atoms with Gasteiger partial charge in [0.2, 0.25) is 0 Å². The van der Waals surface area contributed by atoms with Crippen molar-refractivity contribution >= 4 is 33.2 Å². The number of amides is 1. The van der Waals surface area contributed by atoms with E-state index in [1.807, 2.05) is 18.7 Å². The van der Waals surface area contributed by atoms with Crippen LogP contribution in [0, 0.1) is 19.8 Å². The Kier molecular flexibility index (Phi) is 3.88. The average molecular weight is 317 g/mol. The molecule has 3 nitrogen and oxygen atoms in total. The van der Waals surface area contributed by atoms with Crippen molar-refractivity contribution in [1.82, 2.24) is 9.88 Å². The number of alkyl halides is 1. The van der Waals surface area contributed by atoms with Crippen molar-refractivity contribution in [3.8, 4) is 0 Å². The normalized spacial score (nSPS) is 24.4. The van der Waals surface area contributed by atoms with Gasteiger partial charge in [0.05, 0.1) is 10.7 Å². The molecule has 1 amide bonds. The van der Waals surface area contributed by atoms with Gasteiger partial charge in [0.25, 0.3) is 5.91 Å². The van der Waals surface area contributed by atoms with Gasteiger partial charge in [0.15, 0.2) is 0 Å². The maximum Gasteiger partial charge on any atom is 0.266 e. The Balaban J connectivity index is 2.23. The highest BCUT2D eigenvalue weighted by Gasteiger charge is 2.35. The quantitative estimate of drug-likeness (QED) is 0.786. The molecule has 1 aromatic rings. The van der Waals surface area contributed by atoms with Crippen LogP contribution in [0.15, 0.2) is 0 Å². The molecule has 1 aromatic heterocycles. The zero-order valence-electron chi connectivity index (χ0n) is 10.4. The number of rotatable bonds is 2. The fourth-order valence-corrected chi connectivity index (χ4v) is 4.22. The summed E-state index contributed by atoms with van der Waals surface area (Å²) in [4.78, 5) is 19.6. The van der Waals surface area contributed by atoms with E-state index in [0.29, 0.717) is 12.0 Å². The first-order valence-corrected chi connectivity index (χ1v) is 7.79. The van der Waals surface area contributed by atoms with Gasteiger partial charge in [0.1, 0.15) is 4.88 Å². The van der Waals surface area contributed by atoms with Crippen LogP contribution < -0.4 is 0 Å². The van der Waals surface area contributed by atoms with E-state index in [1.54, 1.807) is 0 Å². The molecule has 0 aromatic carbocycles. The lowest BCUT2D eigenvalue weighted by Crippen LogP contribution is -2.38. The molecule has 1 fully saturated rings. The molecule has 5 heteroatoms. The molecule has 94 valence electrons. The average Bonchev–Trinajstić information content (AvgIpc) is 2.80. The van der Waals surface area contributed by atoms with Gasteiger partial charge >= 0.3 is 0 Å². The van der Waals surface area contributed by atoms with Crippen molar-refractivity contribution in [1.29, 1.82) is 0 Å². The number of carbonyl (C=O) groups excluding carboxylic acids is 1. The highest BCUT2D eigenvalue weighted by molar-refractivity contribution is 9.09. The maximum absolute atomic E-state index is 12.5. The van der Waals surface area contributed by atoms with Gasteiger partial charge in [-0.15, -0.1) is 11.3 Å². The first-order valence-electron chi connectivity index (χ1n) is 5.85. The number of nitrogens with zero attached hydrogens (tertiary/aromatic N) is 2. The first kappa shape index (κ1) is 13.0. The van der Waals surface area contributed by atoms with Crippen LogP contribution in [-0.2, 0) is 0 Å². The van der Waals surface area contributed by atoms with E-state index in [0.717, 1.165) is 33.9 Å². The Bertz CT molecular complexity index is 432. The van der Waals surface area contributed by atoms with Crippen LogP contribution in [0.25, 0.3) is 0 Å². The van der Waals surface area contributed by atoms with Crippen molar-refractivity contribution in [2.45, 2.75) is 33.2 Å². The highest BCUT2D eigenvalue weighted by atomic mass is 79.9. The van der Waals surface area contributed by atoms with Crippen molar-refractivity contribution in [2.75, 3.05) is 11.9 Å². The van der Waals surface area contributed by atoms with E-state index in [-0.39, 0.29) is 5.91 Å². The second-order valence-electron chi connectivity index (χ2n) is 4.63. The number of thiazole rings is 1. The first-order chi connectivity index (χ1) is 8.04. The Morgan fingerprint density at radius 2 is 2.29 bits per heavy atom. The monoisotopic (exact) mass is 316 g/mol. The lowest BCUT2D eigenvalue weighted by molar-refractivity contribution is 0.0742. The number of halogens is 1. The van der Waals surface area contributed by atoms with Crippen LogP contribution in [0.1, 0.15) is 33.7 Å². The van der Waals surface area contributed by atoms with Gasteiger partial charge in [-0.05, 0) is 26.2 Å². The van der Waals surface area contributed by atoms with E-state index in [9.17, 15) is 4.79 Å². The van der Waals surface area contributed by atoms with Crippen LogP contribution in [0.2, 0.25) is 0 Å². The fraction of sp³-hybridized carbons (Fsp3) is 0.667. The fourth-order valence-electron chi connectivity index (χ4n) is 2.36. The number of likely N-dealkylation sites (tertiary alicyclic amines) is 1. The molecule has 1 aliphatic rings. The number of aryl methyl sites for hydroxylation is 2. The van der Waals surface area contributed by atoms with E-state index in [4.69, 9.17) is 0 Å². The van der Waals surface area contributed by atoms with Gasteiger partial charge in [-0.3, -0.25) is 4.79 Å². The molecule has 2 atom stereocenters. The molecule has 2 rings (SSSR count). The van der Waals surface area contributed by atoms with Gasteiger partial charge in [0, 0.05) is 17.9 Å². The zero-order chi connectivity index (χ0) is 12.6. The predicted octanol–water partition coefficient (Wildman–Crippen LogP) is 3.01. The van der Waals surface area contributed by atoms with E-state index in [1.165, 1.54) is 11.3 Å². The summed E-state index contributed by atoms with van der Waals surface area (Å²) in [6.07, 6.45) is 1.10. The summed E-state index contributed by atoms with van der Waals surface area (Å²) in [5.41, 5.74) is 0.866. The highest BCUT2D eigenvalue weighted by Crippen LogP contribution is 2.29. The standard InChI is InChI=1S/C12H17BrN2OS/c1-7-4-5-15(10(7)6-13)12(16)11-8(2)14-9(3)17-11/h7,10H,4-6H2,1-3H3. The molecule has 0 N–H and O–H groups in total. The van der Waals surface area contributed by atoms with Gasteiger partial charge in [-0.2, -0.15) is 0 Å². The number of aromatic nitrogens is 1. The summed E-state index contributed by atoms with van der Waals surface area (Å²) in [7, 11) is 0. The van der Waals surface area contributed by atoms with Crippen molar-refractivity contribution in [3.63, 3.8) is 0 Å². The minimum Gasteiger partial charge on any atom is -0.334 e. The molecule has 2 heterocycles. The Morgan fingerprint density at radius 3 is 2.82 bits per heavy atom. The molecule has 0 aliphatic carbocycles. The van der Waals surface area contributed by atoms with E-state index < -0.39 is 0 Å². The predicted molar refractivity (Wildman–Crippen MR) is 74.0 cm³/mol. The van der Waals surface area contributed by atoms with Crippen LogP contribution in [0.5, 0.6) is 0 Å². The van der Waals surface area contributed by atoms with Crippen LogP contribution in [0.3, 0.4) is 0 Å². The third kappa shape index (κ3) is 2.40. The summed E-state index contributed by atoms with van der Waals surface area (Å²) in [5.74, 6) is 0.731. The molecule has 0 bridgehead atoms. The number of carbonyl (C=O) groups is 1. The van der Waals surface area contributed by atoms with Crippen LogP contribution in [0.4, 0.5) is 0 Å². The minimum atomic E-state index is 0.155. The Hall–Kier alpha value is -0.420. The SMILES string of the molecule is Cc1nc(C)c(C(=O)N2CCC(C)C2CBr)s1. The van der Waals surface area contributed by atoms with Crippen molar-refractivity contribution in [2.24, 2.45) is 5.92 Å². The summed E-state index contributed by atoms with van der Waals surface area (Å²) in [6, 6.07) is 0.323. The van der Waals surface area contributed by atoms with E-state index >= 15 is 0 Å². The number of hydrogen-bond donors (Lipinski definition) is 0. The summed E-state index contributed by atoms with van der Waals surface area (Å²) >= 11 is 5.02. The third-order valence-electron chi connectivity index (χ3n) is 3.40. The summed E-state index contributed by atoms with van der Waals surface area (Å²) in [5, 5.41) is 1.82. The maximum atomic E-state index is 12.5. The lowest BCUT2D eigenvalue weighted by atomic mass is 10.1.